The van der Waals surface area contributed by atoms with Crippen molar-refractivity contribution in [3.8, 4) is 0 Å². The summed E-state index contributed by atoms with van der Waals surface area (Å²) in [7, 11) is 0. The zero-order valence-electron chi connectivity index (χ0n) is 16.2. The molecule has 29 heavy (non-hydrogen) atoms. The highest BCUT2D eigenvalue weighted by Crippen LogP contribution is 2.15. The van der Waals surface area contributed by atoms with E-state index in [2.05, 4.69) is 21.2 Å². The van der Waals surface area contributed by atoms with Gasteiger partial charge >= 0.3 is 6.03 Å². The molecule has 1 rings (SSSR count). The van der Waals surface area contributed by atoms with Crippen LogP contribution < -0.4 is 16.0 Å². The molecule has 0 fully saturated rings. The second-order valence-electron chi connectivity index (χ2n) is 6.40. The number of amides is 4. The summed E-state index contributed by atoms with van der Waals surface area (Å²) in [4.78, 5) is 48.5. The maximum absolute atomic E-state index is 13.0. The lowest BCUT2D eigenvalue weighted by Crippen LogP contribution is -2.53. The van der Waals surface area contributed by atoms with E-state index in [0.717, 1.165) is 0 Å². The molecule has 160 valence electrons. The summed E-state index contributed by atoms with van der Waals surface area (Å²) >= 11 is 11.2. The van der Waals surface area contributed by atoms with E-state index in [1.54, 1.807) is 44.2 Å². The standard InChI is InChI=1S/C18H25Cl2N5O4/c1-12(2)14(16(26)21-10-8-19)22-17(27)15(13-6-4-3-5-7-13)23-18(28)25(24-29)11-9-20/h3-7,12,14-15H,8-11H2,1-2H3,(H,21,26)(H,22,27)(H,23,28)/t14-,15-/m0/s1. The van der Waals surface area contributed by atoms with E-state index in [1.807, 2.05) is 0 Å². The maximum Gasteiger partial charge on any atom is 0.341 e. The number of nitroso groups, excluding NO2 is 1. The van der Waals surface area contributed by atoms with Crippen molar-refractivity contribution in [2.24, 2.45) is 11.2 Å². The smallest absolute Gasteiger partial charge is 0.341 e. The van der Waals surface area contributed by atoms with Crippen molar-refractivity contribution < 1.29 is 14.4 Å². The largest absolute Gasteiger partial charge is 0.353 e. The van der Waals surface area contributed by atoms with Crippen LogP contribution in [0.25, 0.3) is 0 Å². The van der Waals surface area contributed by atoms with Crippen LogP contribution in [-0.4, -0.2) is 53.7 Å². The Hall–Kier alpha value is -2.39. The van der Waals surface area contributed by atoms with E-state index >= 15 is 0 Å². The average Bonchev–Trinajstić information content (AvgIpc) is 2.72. The van der Waals surface area contributed by atoms with E-state index in [1.165, 1.54) is 0 Å². The van der Waals surface area contributed by atoms with Gasteiger partial charge in [-0.05, 0) is 11.5 Å². The number of carbonyl (C=O) groups is 3. The fraction of sp³-hybridized carbons (Fsp3) is 0.500. The number of alkyl halides is 2. The third-order valence-electron chi connectivity index (χ3n) is 3.93. The molecule has 0 aromatic heterocycles. The van der Waals surface area contributed by atoms with Gasteiger partial charge in [-0.3, -0.25) is 9.59 Å². The molecule has 1 aromatic carbocycles. The van der Waals surface area contributed by atoms with Crippen LogP contribution in [0.2, 0.25) is 0 Å². The molecule has 0 saturated carbocycles. The minimum atomic E-state index is -1.15. The summed E-state index contributed by atoms with van der Waals surface area (Å²) in [5, 5.41) is 11.0. The minimum absolute atomic E-state index is 0.00245. The molecule has 0 saturated heterocycles. The molecule has 0 heterocycles. The summed E-state index contributed by atoms with van der Waals surface area (Å²) in [5.41, 5.74) is 0.471. The molecule has 0 radical (unpaired) electrons. The van der Waals surface area contributed by atoms with Crippen LogP contribution in [0.15, 0.2) is 35.6 Å². The summed E-state index contributed by atoms with van der Waals surface area (Å²) in [5.74, 6) is -0.975. The Labute approximate surface area is 179 Å². The second-order valence-corrected chi connectivity index (χ2v) is 7.15. The predicted octanol–water partition coefficient (Wildman–Crippen LogP) is 2.16. The Bertz CT molecular complexity index is 690. The Kier molecular flexibility index (Phi) is 11.0. The molecule has 1 aromatic rings. The maximum atomic E-state index is 13.0. The molecular weight excluding hydrogens is 421 g/mol. The average molecular weight is 446 g/mol. The number of hydrogen-bond acceptors (Lipinski definition) is 5. The van der Waals surface area contributed by atoms with Gasteiger partial charge in [0.2, 0.25) is 11.8 Å². The first kappa shape index (κ1) is 24.6. The van der Waals surface area contributed by atoms with Gasteiger partial charge in [0.25, 0.3) is 0 Å². The van der Waals surface area contributed by atoms with Crippen LogP contribution in [0.4, 0.5) is 4.79 Å². The molecule has 0 bridgehead atoms. The second kappa shape index (κ2) is 12.9. The van der Waals surface area contributed by atoms with Gasteiger partial charge in [0.15, 0.2) is 0 Å². The number of benzene rings is 1. The van der Waals surface area contributed by atoms with Crippen LogP contribution in [0.3, 0.4) is 0 Å². The van der Waals surface area contributed by atoms with Gasteiger partial charge in [-0.1, -0.05) is 44.2 Å². The van der Waals surface area contributed by atoms with Crippen LogP contribution in [-0.2, 0) is 9.59 Å². The molecule has 0 aliphatic carbocycles. The first-order valence-electron chi connectivity index (χ1n) is 9.01. The van der Waals surface area contributed by atoms with Crippen molar-refractivity contribution >= 4 is 41.0 Å². The molecule has 2 atom stereocenters. The van der Waals surface area contributed by atoms with Crippen LogP contribution in [0.1, 0.15) is 25.5 Å². The predicted molar refractivity (Wildman–Crippen MR) is 111 cm³/mol. The number of nitrogens with one attached hydrogen (secondary N) is 3. The quantitative estimate of drug-likeness (QED) is 0.274. The zero-order chi connectivity index (χ0) is 21.8. The van der Waals surface area contributed by atoms with Gasteiger partial charge in [-0.15, -0.1) is 28.1 Å². The Morgan fingerprint density at radius 2 is 1.69 bits per heavy atom. The molecule has 11 heteroatoms. The van der Waals surface area contributed by atoms with Crippen molar-refractivity contribution in [3.63, 3.8) is 0 Å². The van der Waals surface area contributed by atoms with Gasteiger partial charge in [0, 0.05) is 18.3 Å². The van der Waals surface area contributed by atoms with Crippen molar-refractivity contribution in [1.29, 1.82) is 0 Å². The SMILES string of the molecule is CC(C)[C@H](NC(=O)[C@@H](NC(=O)N(CCCl)N=O)c1ccccc1)C(=O)NCCCl. The molecule has 0 spiro atoms. The van der Waals surface area contributed by atoms with Crippen LogP contribution >= 0.6 is 23.2 Å². The fourth-order valence-corrected chi connectivity index (χ4v) is 2.71. The molecular formula is C18H25Cl2N5O4. The van der Waals surface area contributed by atoms with E-state index in [9.17, 15) is 19.3 Å². The van der Waals surface area contributed by atoms with E-state index in [-0.39, 0.29) is 36.7 Å². The lowest BCUT2D eigenvalue weighted by molar-refractivity contribution is -0.131. The van der Waals surface area contributed by atoms with E-state index < -0.39 is 24.0 Å². The minimum Gasteiger partial charge on any atom is -0.353 e. The first-order valence-corrected chi connectivity index (χ1v) is 10.1. The normalized spacial score (nSPS) is 12.6. The summed E-state index contributed by atoms with van der Waals surface area (Å²) < 4.78 is 0. The number of rotatable bonds is 11. The number of nitrogens with zero attached hydrogens (tertiary/aromatic N) is 2. The Morgan fingerprint density at radius 1 is 1.03 bits per heavy atom. The molecule has 0 unspecified atom stereocenters. The molecule has 0 aliphatic heterocycles. The first-order chi connectivity index (χ1) is 13.8. The topological polar surface area (TPSA) is 120 Å². The van der Waals surface area contributed by atoms with Gasteiger partial charge in [0.05, 0.1) is 11.8 Å². The van der Waals surface area contributed by atoms with E-state index in [0.29, 0.717) is 10.6 Å². The lowest BCUT2D eigenvalue weighted by atomic mass is 10.0. The Balaban J connectivity index is 3.05. The number of halogens is 2. The third-order valence-corrected chi connectivity index (χ3v) is 4.29. The summed E-state index contributed by atoms with van der Waals surface area (Å²) in [6, 6.07) is 5.57. The fourth-order valence-electron chi connectivity index (χ4n) is 2.46. The molecule has 9 nitrogen and oxygen atoms in total. The summed E-state index contributed by atoms with van der Waals surface area (Å²) in [6.07, 6.45) is 0. The highest BCUT2D eigenvalue weighted by molar-refractivity contribution is 6.18. The van der Waals surface area contributed by atoms with Gasteiger partial charge in [0.1, 0.15) is 12.1 Å². The van der Waals surface area contributed by atoms with Crippen LogP contribution in [0, 0.1) is 10.8 Å². The van der Waals surface area contributed by atoms with Crippen LogP contribution in [0.5, 0.6) is 0 Å². The Morgan fingerprint density at radius 3 is 2.21 bits per heavy atom. The monoisotopic (exact) mass is 445 g/mol. The molecule has 3 N–H and O–H groups in total. The number of carbonyl (C=O) groups excluding carboxylic acids is 3. The van der Waals surface area contributed by atoms with Gasteiger partial charge < -0.3 is 16.0 Å². The van der Waals surface area contributed by atoms with Crippen molar-refractivity contribution in [3.05, 3.63) is 40.8 Å². The summed E-state index contributed by atoms with van der Waals surface area (Å²) in [6.45, 7) is 3.70. The van der Waals surface area contributed by atoms with Crippen molar-refractivity contribution in [1.82, 2.24) is 21.0 Å². The van der Waals surface area contributed by atoms with Crippen molar-refractivity contribution in [2.75, 3.05) is 24.8 Å². The number of urea groups is 1. The zero-order valence-corrected chi connectivity index (χ0v) is 17.7. The third kappa shape index (κ3) is 7.86. The van der Waals surface area contributed by atoms with E-state index in [4.69, 9.17) is 23.2 Å². The number of hydrogen-bond donors (Lipinski definition) is 3. The molecule has 4 amide bonds. The van der Waals surface area contributed by atoms with Crippen molar-refractivity contribution in [2.45, 2.75) is 25.9 Å². The lowest BCUT2D eigenvalue weighted by Gasteiger charge is -2.26. The van der Waals surface area contributed by atoms with Gasteiger partial charge in [-0.2, -0.15) is 5.01 Å². The highest BCUT2D eigenvalue weighted by Gasteiger charge is 2.30. The molecule has 0 aliphatic rings. The highest BCUT2D eigenvalue weighted by atomic mass is 35.5. The van der Waals surface area contributed by atoms with Gasteiger partial charge in [-0.25, -0.2) is 4.79 Å².